The van der Waals surface area contributed by atoms with Gasteiger partial charge in [0.25, 0.3) is 0 Å². The summed E-state index contributed by atoms with van der Waals surface area (Å²) in [7, 11) is 0. The average Bonchev–Trinajstić information content (AvgIpc) is 2.09. The zero-order chi connectivity index (χ0) is 10.1. The molecular formula is C11H15NO. The highest BCUT2D eigenvalue weighted by Gasteiger charge is 1.86. The van der Waals surface area contributed by atoms with Gasteiger partial charge in [0.15, 0.2) is 0 Å². The molecule has 0 aliphatic heterocycles. The Balaban J connectivity index is 4.28. The molecule has 0 spiro atoms. The Morgan fingerprint density at radius 2 is 2.15 bits per heavy atom. The predicted molar refractivity (Wildman–Crippen MR) is 56.0 cm³/mol. The normalized spacial score (nSPS) is 12.5. The van der Waals surface area contributed by atoms with Crippen molar-refractivity contribution in [1.82, 2.24) is 0 Å². The van der Waals surface area contributed by atoms with E-state index in [0.29, 0.717) is 11.3 Å². The first-order valence-corrected chi connectivity index (χ1v) is 4.15. The molecule has 0 radical (unpaired) electrons. The smallest absolute Gasteiger partial charge is 0.150 e. The maximum absolute atomic E-state index is 10.5. The van der Waals surface area contributed by atoms with Crippen LogP contribution in [0.25, 0.3) is 0 Å². The maximum atomic E-state index is 10.5. The number of allylic oxidation sites excluding steroid dienone is 6. The lowest BCUT2D eigenvalue weighted by Gasteiger charge is -1.89. The summed E-state index contributed by atoms with van der Waals surface area (Å²) in [5.74, 6) is 0. The number of hydrogen-bond donors (Lipinski definition) is 1. The van der Waals surface area contributed by atoms with Gasteiger partial charge in [0.1, 0.15) is 6.29 Å². The number of nitrogens with two attached hydrogens (primary N) is 1. The Morgan fingerprint density at radius 3 is 2.62 bits per heavy atom. The van der Waals surface area contributed by atoms with E-state index < -0.39 is 0 Å². The van der Waals surface area contributed by atoms with Crippen molar-refractivity contribution in [1.29, 1.82) is 0 Å². The molecule has 0 amide bonds. The van der Waals surface area contributed by atoms with E-state index in [1.807, 2.05) is 19.1 Å². The fourth-order valence-electron chi connectivity index (χ4n) is 0.717. The van der Waals surface area contributed by atoms with Crippen LogP contribution in [0.3, 0.4) is 0 Å². The van der Waals surface area contributed by atoms with Crippen molar-refractivity contribution in [3.05, 3.63) is 48.2 Å². The molecule has 0 saturated heterocycles. The first-order chi connectivity index (χ1) is 6.20. The van der Waals surface area contributed by atoms with E-state index in [9.17, 15) is 4.79 Å². The number of carbonyl (C=O) groups is 1. The van der Waals surface area contributed by atoms with E-state index >= 15 is 0 Å². The van der Waals surface area contributed by atoms with Gasteiger partial charge in [-0.15, -0.1) is 0 Å². The molecule has 0 bridgehead atoms. The second kappa shape index (κ2) is 7.10. The molecular weight excluding hydrogens is 162 g/mol. The van der Waals surface area contributed by atoms with Crippen LogP contribution < -0.4 is 5.73 Å². The fraction of sp³-hybridized carbons (Fsp3) is 0.182. The first-order valence-electron chi connectivity index (χ1n) is 4.15. The Bertz CT molecular complexity index is 259. The molecule has 0 aliphatic rings. The molecule has 0 saturated carbocycles. The van der Waals surface area contributed by atoms with Crippen molar-refractivity contribution in [3.8, 4) is 0 Å². The molecule has 13 heavy (non-hydrogen) atoms. The van der Waals surface area contributed by atoms with Gasteiger partial charge in [-0.25, -0.2) is 0 Å². The van der Waals surface area contributed by atoms with Crippen molar-refractivity contribution >= 4 is 6.29 Å². The van der Waals surface area contributed by atoms with Gasteiger partial charge in [-0.1, -0.05) is 37.8 Å². The first kappa shape index (κ1) is 11.4. The Morgan fingerprint density at radius 1 is 1.46 bits per heavy atom. The van der Waals surface area contributed by atoms with Gasteiger partial charge in [0.2, 0.25) is 0 Å². The minimum atomic E-state index is 0.381. The van der Waals surface area contributed by atoms with Gasteiger partial charge in [-0.05, 0) is 12.5 Å². The molecule has 0 fully saturated rings. The number of aldehydes is 1. The van der Waals surface area contributed by atoms with E-state index in [-0.39, 0.29) is 0 Å². The van der Waals surface area contributed by atoms with Crippen molar-refractivity contribution in [2.75, 3.05) is 0 Å². The summed E-state index contributed by atoms with van der Waals surface area (Å²) in [6, 6.07) is 0. The van der Waals surface area contributed by atoms with Crippen LogP contribution in [0.2, 0.25) is 0 Å². The van der Waals surface area contributed by atoms with Gasteiger partial charge in [-0.3, -0.25) is 4.79 Å². The van der Waals surface area contributed by atoms with Crippen LogP contribution in [-0.4, -0.2) is 6.29 Å². The lowest BCUT2D eigenvalue weighted by Crippen LogP contribution is -1.91. The summed E-state index contributed by atoms with van der Waals surface area (Å²) in [4.78, 5) is 10.5. The largest absolute Gasteiger partial charge is 0.399 e. The summed E-state index contributed by atoms with van der Waals surface area (Å²) in [5.41, 5.74) is 6.22. The zero-order valence-electron chi connectivity index (χ0n) is 7.86. The third-order valence-corrected chi connectivity index (χ3v) is 1.26. The number of rotatable bonds is 5. The molecule has 0 aromatic carbocycles. The molecule has 0 heterocycles. The topological polar surface area (TPSA) is 43.1 Å². The Hall–Kier alpha value is -1.57. The van der Waals surface area contributed by atoms with E-state index in [4.69, 9.17) is 5.73 Å². The molecule has 0 aromatic rings. The lowest BCUT2D eigenvalue weighted by molar-refractivity contribution is -0.104. The van der Waals surface area contributed by atoms with Crippen LogP contribution in [0, 0.1) is 0 Å². The van der Waals surface area contributed by atoms with Gasteiger partial charge in [0, 0.05) is 11.3 Å². The van der Waals surface area contributed by atoms with Gasteiger partial charge >= 0.3 is 0 Å². The summed E-state index contributed by atoms with van der Waals surface area (Å²) in [6.45, 7) is 5.52. The van der Waals surface area contributed by atoms with E-state index in [0.717, 1.165) is 12.7 Å². The Labute approximate surface area is 79.1 Å². The van der Waals surface area contributed by atoms with Crippen LogP contribution in [0.5, 0.6) is 0 Å². The van der Waals surface area contributed by atoms with Crippen molar-refractivity contribution in [3.63, 3.8) is 0 Å². The molecule has 2 nitrogen and oxygen atoms in total. The number of hydrogen-bond acceptors (Lipinski definition) is 2. The minimum Gasteiger partial charge on any atom is -0.399 e. The molecule has 0 aromatic heterocycles. The van der Waals surface area contributed by atoms with Crippen molar-refractivity contribution < 1.29 is 4.79 Å². The van der Waals surface area contributed by atoms with E-state index in [1.165, 1.54) is 6.08 Å². The molecule has 2 heteroatoms. The van der Waals surface area contributed by atoms with Crippen LogP contribution >= 0.6 is 0 Å². The second-order valence-corrected chi connectivity index (χ2v) is 2.53. The standard InChI is InChI=1S/C11H15NO/c1-3-4-5-6-7-11(9-13)8-10(2)12/h4-9H,2-3,12H2,1H3/b5-4+,7-6+,11-8+. The van der Waals surface area contributed by atoms with Gasteiger partial charge < -0.3 is 5.73 Å². The third-order valence-electron chi connectivity index (χ3n) is 1.26. The fourth-order valence-corrected chi connectivity index (χ4v) is 0.717. The van der Waals surface area contributed by atoms with E-state index in [2.05, 4.69) is 6.58 Å². The Kier molecular flexibility index (Phi) is 6.24. The highest BCUT2D eigenvalue weighted by atomic mass is 16.1. The average molecular weight is 177 g/mol. The summed E-state index contributed by atoms with van der Waals surface area (Å²) in [5, 5.41) is 0. The maximum Gasteiger partial charge on any atom is 0.150 e. The summed E-state index contributed by atoms with van der Waals surface area (Å²) >= 11 is 0. The highest BCUT2D eigenvalue weighted by Crippen LogP contribution is 1.96. The molecule has 0 atom stereocenters. The summed E-state index contributed by atoms with van der Waals surface area (Å²) in [6.07, 6.45) is 10.6. The SMILES string of the molecule is C=C(N)\C=C(C=O)/C=C/C=C/CC. The van der Waals surface area contributed by atoms with Crippen LogP contribution in [-0.2, 0) is 4.79 Å². The molecule has 70 valence electrons. The quantitative estimate of drug-likeness (QED) is 0.397. The van der Waals surface area contributed by atoms with Crippen LogP contribution in [0.4, 0.5) is 0 Å². The monoisotopic (exact) mass is 177 g/mol. The van der Waals surface area contributed by atoms with Crippen molar-refractivity contribution in [2.24, 2.45) is 5.73 Å². The lowest BCUT2D eigenvalue weighted by atomic mass is 10.2. The predicted octanol–water partition coefficient (Wildman–Crippen LogP) is 2.11. The minimum absolute atomic E-state index is 0.381. The van der Waals surface area contributed by atoms with Crippen LogP contribution in [0.1, 0.15) is 13.3 Å². The molecule has 0 unspecified atom stereocenters. The molecule has 0 rings (SSSR count). The van der Waals surface area contributed by atoms with Gasteiger partial charge in [-0.2, -0.15) is 0 Å². The van der Waals surface area contributed by atoms with E-state index in [1.54, 1.807) is 12.2 Å². The highest BCUT2D eigenvalue weighted by molar-refractivity contribution is 5.78. The third kappa shape index (κ3) is 6.81. The van der Waals surface area contributed by atoms with Crippen molar-refractivity contribution in [2.45, 2.75) is 13.3 Å². The molecule has 2 N–H and O–H groups in total. The second-order valence-electron chi connectivity index (χ2n) is 2.53. The van der Waals surface area contributed by atoms with Crippen LogP contribution in [0.15, 0.2) is 48.2 Å². The molecule has 0 aliphatic carbocycles. The summed E-state index contributed by atoms with van der Waals surface area (Å²) < 4.78 is 0. The number of carbonyl (C=O) groups excluding carboxylic acids is 1. The van der Waals surface area contributed by atoms with Gasteiger partial charge in [0.05, 0.1) is 0 Å². The zero-order valence-corrected chi connectivity index (χ0v) is 7.86.